The molecular weight excluding hydrogens is 441 g/mol. The number of alkyl carbamates (subject to hydrolysis) is 1. The van der Waals surface area contributed by atoms with Crippen LogP contribution < -0.4 is 20.7 Å². The topological polar surface area (TPSA) is 109 Å². The summed E-state index contributed by atoms with van der Waals surface area (Å²) in [5.41, 5.74) is 2.24. The van der Waals surface area contributed by atoms with Crippen molar-refractivity contribution in [3.05, 3.63) is 65.3 Å². The highest BCUT2D eigenvalue weighted by atomic mass is 19.1. The second-order valence-corrected chi connectivity index (χ2v) is 8.43. The smallest absolute Gasteiger partial charge is 0.407 e. The van der Waals surface area contributed by atoms with E-state index in [1.165, 1.54) is 6.08 Å². The molecule has 9 heteroatoms. The van der Waals surface area contributed by atoms with Crippen molar-refractivity contribution in [2.75, 3.05) is 26.2 Å². The van der Waals surface area contributed by atoms with E-state index >= 15 is 0 Å². The standard InChI is InChI=1S/C25H30FN3O5/c1-2-27-25(32)33-12-11-28-24(31)18-13-19(29-14-15-7-9-16(26)10-8-15)22(30)23-21(18)17-5-3-4-6-20(17)34-23/h3-9,13,16,19,21-23,29-30H,2,10-12,14H2,1H3,(H,27,32)(H,28,31)/t16?,19-,21+,22+,23+/m1/s1. The molecule has 8 nitrogen and oxygen atoms in total. The lowest BCUT2D eigenvalue weighted by atomic mass is 9.78. The molecule has 0 saturated heterocycles. The third kappa shape index (κ3) is 5.31. The predicted molar refractivity (Wildman–Crippen MR) is 124 cm³/mol. The van der Waals surface area contributed by atoms with Crippen LogP contribution in [0.5, 0.6) is 5.75 Å². The van der Waals surface area contributed by atoms with Crippen LogP contribution >= 0.6 is 0 Å². The molecular formula is C25H30FN3O5. The molecule has 2 aliphatic carbocycles. The molecule has 0 spiro atoms. The number of allylic oxidation sites excluding steroid dienone is 2. The summed E-state index contributed by atoms with van der Waals surface area (Å²) in [6, 6.07) is 6.89. The van der Waals surface area contributed by atoms with Crippen LogP contribution in [0.4, 0.5) is 9.18 Å². The summed E-state index contributed by atoms with van der Waals surface area (Å²) in [5.74, 6) is -0.0948. The van der Waals surface area contributed by atoms with E-state index in [1.54, 1.807) is 19.1 Å². The third-order valence-electron chi connectivity index (χ3n) is 6.11. The molecule has 4 N–H and O–H groups in total. The molecule has 0 saturated carbocycles. The zero-order valence-corrected chi connectivity index (χ0v) is 19.0. The van der Waals surface area contributed by atoms with Gasteiger partial charge in [0, 0.05) is 30.6 Å². The van der Waals surface area contributed by atoms with Gasteiger partial charge in [0.1, 0.15) is 30.7 Å². The highest BCUT2D eigenvalue weighted by Crippen LogP contribution is 2.46. The van der Waals surface area contributed by atoms with E-state index in [0.29, 0.717) is 30.8 Å². The Kier molecular flexibility index (Phi) is 7.64. The van der Waals surface area contributed by atoms with Crippen molar-refractivity contribution in [3.8, 4) is 5.75 Å². The van der Waals surface area contributed by atoms with Crippen molar-refractivity contribution in [1.29, 1.82) is 0 Å². The number of aliphatic hydroxyl groups is 1. The van der Waals surface area contributed by atoms with Gasteiger partial charge in [0.15, 0.2) is 0 Å². The minimum atomic E-state index is -0.970. The van der Waals surface area contributed by atoms with Gasteiger partial charge in [0.25, 0.3) is 0 Å². The van der Waals surface area contributed by atoms with Gasteiger partial charge in [-0.15, -0.1) is 0 Å². The van der Waals surface area contributed by atoms with E-state index in [-0.39, 0.29) is 19.1 Å². The fourth-order valence-corrected chi connectivity index (χ4v) is 4.46. The van der Waals surface area contributed by atoms with Gasteiger partial charge in [-0.3, -0.25) is 4.79 Å². The van der Waals surface area contributed by atoms with Gasteiger partial charge < -0.3 is 30.5 Å². The normalized spacial score (nSPS) is 27.0. The molecule has 0 bridgehead atoms. The number of hydrogen-bond donors (Lipinski definition) is 4. The number of ether oxygens (including phenoxy) is 2. The SMILES string of the molecule is CCNC(=O)OCCNC(=O)C1=C[C@@H](NCC2=CCC(F)C=C2)[C@H](O)[C@H]2Oc3ccccc3[C@@H]12. The maximum atomic E-state index is 13.3. The molecule has 1 aromatic rings. The lowest BCUT2D eigenvalue weighted by Crippen LogP contribution is -2.53. The van der Waals surface area contributed by atoms with Gasteiger partial charge >= 0.3 is 6.09 Å². The zero-order chi connectivity index (χ0) is 24.1. The number of hydrogen-bond acceptors (Lipinski definition) is 6. The highest BCUT2D eigenvalue weighted by molar-refractivity contribution is 5.96. The van der Waals surface area contributed by atoms with E-state index in [2.05, 4.69) is 16.0 Å². The summed E-state index contributed by atoms with van der Waals surface area (Å²) >= 11 is 0. The molecule has 2 amide bonds. The summed E-state index contributed by atoms with van der Waals surface area (Å²) in [7, 11) is 0. The van der Waals surface area contributed by atoms with Crippen molar-refractivity contribution in [2.24, 2.45) is 0 Å². The molecule has 34 heavy (non-hydrogen) atoms. The van der Waals surface area contributed by atoms with Crippen molar-refractivity contribution >= 4 is 12.0 Å². The molecule has 1 aliphatic heterocycles. The Bertz CT molecular complexity index is 1010. The number of aliphatic hydroxyl groups excluding tert-OH is 1. The maximum absolute atomic E-state index is 13.3. The number of amides is 2. The van der Waals surface area contributed by atoms with Crippen LogP contribution in [-0.2, 0) is 9.53 Å². The first-order valence-corrected chi connectivity index (χ1v) is 11.6. The summed E-state index contributed by atoms with van der Waals surface area (Å²) in [6.45, 7) is 2.84. The Morgan fingerprint density at radius 1 is 1.26 bits per heavy atom. The first-order valence-electron chi connectivity index (χ1n) is 11.6. The first-order chi connectivity index (χ1) is 16.5. The molecule has 182 valence electrons. The number of nitrogens with one attached hydrogen (secondary N) is 3. The zero-order valence-electron chi connectivity index (χ0n) is 19.0. The maximum Gasteiger partial charge on any atom is 0.407 e. The van der Waals surface area contributed by atoms with Gasteiger partial charge in [-0.05, 0) is 18.6 Å². The van der Waals surface area contributed by atoms with Crippen LogP contribution in [0.15, 0.2) is 59.7 Å². The molecule has 0 radical (unpaired) electrons. The van der Waals surface area contributed by atoms with Gasteiger partial charge in [0.05, 0.1) is 18.5 Å². The van der Waals surface area contributed by atoms with Crippen molar-refractivity contribution < 1.29 is 28.6 Å². The van der Waals surface area contributed by atoms with E-state index in [9.17, 15) is 19.1 Å². The number of carbonyl (C=O) groups is 2. The van der Waals surface area contributed by atoms with Gasteiger partial charge in [-0.2, -0.15) is 0 Å². The summed E-state index contributed by atoms with van der Waals surface area (Å²) in [6.07, 6.45) is 4.10. The minimum absolute atomic E-state index is 0.0341. The van der Waals surface area contributed by atoms with Gasteiger partial charge in [-0.1, -0.05) is 42.5 Å². The van der Waals surface area contributed by atoms with E-state index in [4.69, 9.17) is 9.47 Å². The van der Waals surface area contributed by atoms with Crippen LogP contribution in [0.25, 0.3) is 0 Å². The fraction of sp³-hybridized carbons (Fsp3) is 0.440. The number of rotatable bonds is 8. The molecule has 4 rings (SSSR count). The Labute approximate surface area is 197 Å². The van der Waals surface area contributed by atoms with Gasteiger partial charge in [0.2, 0.25) is 5.91 Å². The molecule has 0 fully saturated rings. The van der Waals surface area contributed by atoms with E-state index in [1.807, 2.05) is 30.3 Å². The predicted octanol–water partition coefficient (Wildman–Crippen LogP) is 1.88. The average molecular weight is 472 g/mol. The Morgan fingerprint density at radius 3 is 2.85 bits per heavy atom. The Morgan fingerprint density at radius 2 is 2.09 bits per heavy atom. The number of para-hydroxylation sites is 1. The second kappa shape index (κ2) is 10.8. The minimum Gasteiger partial charge on any atom is -0.486 e. The summed E-state index contributed by atoms with van der Waals surface area (Å²) in [5, 5.41) is 19.7. The van der Waals surface area contributed by atoms with Crippen molar-refractivity contribution in [2.45, 2.75) is 43.7 Å². The highest BCUT2D eigenvalue weighted by Gasteiger charge is 2.48. The summed E-state index contributed by atoms with van der Waals surface area (Å²) < 4.78 is 24.4. The number of alkyl halides is 1. The van der Waals surface area contributed by atoms with Crippen LogP contribution in [0, 0.1) is 0 Å². The molecule has 1 heterocycles. The average Bonchev–Trinajstić information content (AvgIpc) is 3.23. The lowest BCUT2D eigenvalue weighted by molar-refractivity contribution is -0.118. The van der Waals surface area contributed by atoms with Crippen LogP contribution in [0.2, 0.25) is 0 Å². The summed E-state index contributed by atoms with van der Waals surface area (Å²) in [4.78, 5) is 24.6. The van der Waals surface area contributed by atoms with Crippen molar-refractivity contribution in [3.63, 3.8) is 0 Å². The van der Waals surface area contributed by atoms with E-state index in [0.717, 1.165) is 11.1 Å². The number of fused-ring (bicyclic) bond motifs is 3. The third-order valence-corrected chi connectivity index (χ3v) is 6.11. The molecule has 1 unspecified atom stereocenters. The molecule has 1 aromatic carbocycles. The number of halogens is 1. The lowest BCUT2D eigenvalue weighted by Gasteiger charge is -2.35. The van der Waals surface area contributed by atoms with Crippen LogP contribution in [0.1, 0.15) is 24.8 Å². The van der Waals surface area contributed by atoms with Gasteiger partial charge in [-0.25, -0.2) is 9.18 Å². The Balaban J connectivity index is 1.48. The van der Waals surface area contributed by atoms with Crippen molar-refractivity contribution in [1.82, 2.24) is 16.0 Å². The molecule has 3 aliphatic rings. The first kappa shape index (κ1) is 24.0. The second-order valence-electron chi connectivity index (χ2n) is 8.43. The monoisotopic (exact) mass is 471 g/mol. The molecule has 0 aromatic heterocycles. The fourth-order valence-electron chi connectivity index (χ4n) is 4.46. The number of carbonyl (C=O) groups excluding carboxylic acids is 2. The largest absolute Gasteiger partial charge is 0.486 e. The van der Waals surface area contributed by atoms with Crippen LogP contribution in [-0.4, -0.2) is 67.8 Å². The number of benzene rings is 1. The molecule has 5 atom stereocenters. The van der Waals surface area contributed by atoms with E-state index < -0.39 is 36.4 Å². The Hall–Kier alpha value is -3.17. The quantitative estimate of drug-likeness (QED) is 0.431. The van der Waals surface area contributed by atoms with Crippen LogP contribution in [0.3, 0.4) is 0 Å².